The SMILES string of the molecule is C[C@@H](N[C@H]1CC(COCc2ccccc2)(COCc2ccccc2)C[C@@H]1C)c1ccccc1. The van der Waals surface area contributed by atoms with E-state index in [2.05, 4.69) is 98.0 Å². The Balaban J connectivity index is 1.39. The Labute approximate surface area is 199 Å². The van der Waals surface area contributed by atoms with E-state index in [1.54, 1.807) is 0 Å². The van der Waals surface area contributed by atoms with Gasteiger partial charge in [-0.15, -0.1) is 0 Å². The molecule has 0 radical (unpaired) electrons. The van der Waals surface area contributed by atoms with Gasteiger partial charge in [-0.05, 0) is 42.4 Å². The van der Waals surface area contributed by atoms with Crippen LogP contribution in [0.15, 0.2) is 91.0 Å². The van der Waals surface area contributed by atoms with E-state index in [0.717, 1.165) is 26.1 Å². The van der Waals surface area contributed by atoms with Crippen molar-refractivity contribution >= 4 is 0 Å². The maximum Gasteiger partial charge on any atom is 0.0717 e. The van der Waals surface area contributed by atoms with E-state index in [4.69, 9.17) is 9.47 Å². The summed E-state index contributed by atoms with van der Waals surface area (Å²) >= 11 is 0. The standard InChI is InChI=1S/C30H37NO2/c1-24-18-30(22-32-20-26-12-6-3-7-13-26,23-33-21-27-14-8-4-9-15-27)19-29(24)31-25(2)28-16-10-5-11-17-28/h3-17,24-25,29,31H,18-23H2,1-2H3/t24-,25+,29-/m0/s1. The van der Waals surface area contributed by atoms with Crippen molar-refractivity contribution in [3.63, 3.8) is 0 Å². The number of benzene rings is 3. The first-order valence-electron chi connectivity index (χ1n) is 12.2. The first-order valence-corrected chi connectivity index (χ1v) is 12.2. The molecule has 1 aliphatic rings. The second kappa shape index (κ2) is 11.6. The highest BCUT2D eigenvalue weighted by Gasteiger charge is 2.44. The van der Waals surface area contributed by atoms with Crippen LogP contribution in [-0.4, -0.2) is 19.3 Å². The summed E-state index contributed by atoms with van der Waals surface area (Å²) < 4.78 is 12.6. The molecule has 1 N–H and O–H groups in total. The van der Waals surface area contributed by atoms with E-state index in [1.807, 2.05) is 12.1 Å². The molecule has 0 heterocycles. The lowest BCUT2D eigenvalue weighted by atomic mass is 9.87. The van der Waals surface area contributed by atoms with Gasteiger partial charge in [0.25, 0.3) is 0 Å². The number of ether oxygens (including phenoxy) is 2. The summed E-state index contributed by atoms with van der Waals surface area (Å²) in [6.45, 7) is 7.37. The largest absolute Gasteiger partial charge is 0.376 e. The molecule has 3 nitrogen and oxygen atoms in total. The molecule has 0 saturated heterocycles. The monoisotopic (exact) mass is 443 g/mol. The molecule has 1 saturated carbocycles. The van der Waals surface area contributed by atoms with E-state index < -0.39 is 0 Å². The Morgan fingerprint density at radius 3 is 1.76 bits per heavy atom. The van der Waals surface area contributed by atoms with Crippen molar-refractivity contribution in [1.29, 1.82) is 0 Å². The van der Waals surface area contributed by atoms with Gasteiger partial charge in [0.2, 0.25) is 0 Å². The molecule has 0 aliphatic heterocycles. The Morgan fingerprint density at radius 2 is 1.24 bits per heavy atom. The summed E-state index contributed by atoms with van der Waals surface area (Å²) in [7, 11) is 0. The maximum absolute atomic E-state index is 6.29. The zero-order valence-electron chi connectivity index (χ0n) is 20.0. The molecule has 3 aromatic carbocycles. The average molecular weight is 444 g/mol. The summed E-state index contributed by atoms with van der Waals surface area (Å²) in [5.41, 5.74) is 3.80. The minimum atomic E-state index is 0.0249. The maximum atomic E-state index is 6.29. The Hall–Kier alpha value is -2.46. The summed E-state index contributed by atoms with van der Waals surface area (Å²) in [6.07, 6.45) is 2.17. The molecule has 33 heavy (non-hydrogen) atoms. The molecular formula is C30H37NO2. The Morgan fingerprint density at radius 1 is 0.758 bits per heavy atom. The minimum absolute atomic E-state index is 0.0249. The number of hydrogen-bond donors (Lipinski definition) is 1. The van der Waals surface area contributed by atoms with E-state index in [9.17, 15) is 0 Å². The van der Waals surface area contributed by atoms with Crippen LogP contribution in [0.1, 0.15) is 49.4 Å². The molecule has 3 atom stereocenters. The smallest absolute Gasteiger partial charge is 0.0717 e. The third kappa shape index (κ3) is 6.77. The molecule has 3 aromatic rings. The minimum Gasteiger partial charge on any atom is -0.376 e. The third-order valence-electron chi connectivity index (χ3n) is 6.90. The zero-order valence-corrected chi connectivity index (χ0v) is 20.0. The van der Waals surface area contributed by atoms with Crippen LogP contribution in [-0.2, 0) is 22.7 Å². The first-order chi connectivity index (χ1) is 16.1. The van der Waals surface area contributed by atoms with Crippen molar-refractivity contribution < 1.29 is 9.47 Å². The van der Waals surface area contributed by atoms with Crippen molar-refractivity contribution in [3.05, 3.63) is 108 Å². The van der Waals surface area contributed by atoms with Crippen LogP contribution in [0.3, 0.4) is 0 Å². The Kier molecular flexibility index (Phi) is 8.33. The van der Waals surface area contributed by atoms with Crippen LogP contribution in [0.25, 0.3) is 0 Å². The van der Waals surface area contributed by atoms with Gasteiger partial charge in [-0.2, -0.15) is 0 Å². The lowest BCUT2D eigenvalue weighted by Gasteiger charge is -2.30. The van der Waals surface area contributed by atoms with Crippen LogP contribution >= 0.6 is 0 Å². The summed E-state index contributed by atoms with van der Waals surface area (Å²) in [4.78, 5) is 0. The third-order valence-corrected chi connectivity index (χ3v) is 6.90. The van der Waals surface area contributed by atoms with Gasteiger partial charge in [0.1, 0.15) is 0 Å². The van der Waals surface area contributed by atoms with Crippen LogP contribution < -0.4 is 5.32 Å². The van der Waals surface area contributed by atoms with E-state index >= 15 is 0 Å². The molecule has 0 bridgehead atoms. The number of nitrogens with one attached hydrogen (secondary N) is 1. The van der Waals surface area contributed by atoms with Gasteiger partial charge < -0.3 is 14.8 Å². The van der Waals surface area contributed by atoms with E-state index in [1.165, 1.54) is 16.7 Å². The molecule has 1 aliphatic carbocycles. The average Bonchev–Trinajstić information content (AvgIpc) is 3.15. The summed E-state index contributed by atoms with van der Waals surface area (Å²) in [6, 6.07) is 32.4. The second-order valence-electron chi connectivity index (χ2n) is 9.75. The number of hydrogen-bond acceptors (Lipinski definition) is 3. The van der Waals surface area contributed by atoms with Crippen molar-refractivity contribution in [1.82, 2.24) is 5.32 Å². The van der Waals surface area contributed by atoms with Crippen LogP contribution in [0.4, 0.5) is 0 Å². The highest BCUT2D eigenvalue weighted by Crippen LogP contribution is 2.43. The van der Waals surface area contributed by atoms with Crippen molar-refractivity contribution in [3.8, 4) is 0 Å². The second-order valence-corrected chi connectivity index (χ2v) is 9.75. The van der Waals surface area contributed by atoms with Crippen molar-refractivity contribution in [2.24, 2.45) is 11.3 Å². The summed E-state index contributed by atoms with van der Waals surface area (Å²) in [5, 5.41) is 3.90. The molecule has 0 spiro atoms. The zero-order chi connectivity index (χ0) is 22.9. The van der Waals surface area contributed by atoms with Gasteiger partial charge in [0.15, 0.2) is 0 Å². The molecule has 0 amide bonds. The fraction of sp³-hybridized carbons (Fsp3) is 0.400. The lowest BCUT2D eigenvalue weighted by molar-refractivity contribution is -0.0322. The quantitative estimate of drug-likeness (QED) is 0.364. The molecule has 0 aromatic heterocycles. The van der Waals surface area contributed by atoms with E-state index in [-0.39, 0.29) is 5.41 Å². The van der Waals surface area contributed by atoms with Crippen LogP contribution in [0.5, 0.6) is 0 Å². The van der Waals surface area contributed by atoms with Gasteiger partial charge >= 0.3 is 0 Å². The predicted molar refractivity (Wildman–Crippen MR) is 135 cm³/mol. The molecule has 1 fully saturated rings. The van der Waals surface area contributed by atoms with Crippen molar-refractivity contribution in [2.75, 3.05) is 13.2 Å². The van der Waals surface area contributed by atoms with Gasteiger partial charge in [-0.25, -0.2) is 0 Å². The fourth-order valence-corrected chi connectivity index (χ4v) is 5.16. The predicted octanol–water partition coefficient (Wildman–Crippen LogP) is 6.56. The highest BCUT2D eigenvalue weighted by molar-refractivity contribution is 5.19. The first kappa shape index (κ1) is 23.7. The fourth-order valence-electron chi connectivity index (χ4n) is 5.16. The molecular weight excluding hydrogens is 406 g/mol. The van der Waals surface area contributed by atoms with Gasteiger partial charge in [-0.1, -0.05) is 97.9 Å². The van der Waals surface area contributed by atoms with Gasteiger partial charge in [-0.3, -0.25) is 0 Å². The van der Waals surface area contributed by atoms with Gasteiger partial charge in [0, 0.05) is 17.5 Å². The Bertz CT molecular complexity index is 899. The van der Waals surface area contributed by atoms with Gasteiger partial charge in [0.05, 0.1) is 26.4 Å². The molecule has 4 rings (SSSR count). The lowest BCUT2D eigenvalue weighted by Crippen LogP contribution is -2.36. The van der Waals surface area contributed by atoms with E-state index in [0.29, 0.717) is 31.2 Å². The molecule has 0 unspecified atom stereocenters. The number of rotatable bonds is 11. The van der Waals surface area contributed by atoms with Crippen molar-refractivity contribution in [2.45, 2.75) is 52.0 Å². The molecule has 174 valence electrons. The highest BCUT2D eigenvalue weighted by atomic mass is 16.5. The molecule has 3 heteroatoms. The van der Waals surface area contributed by atoms with Crippen LogP contribution in [0.2, 0.25) is 0 Å². The summed E-state index contributed by atoms with van der Waals surface area (Å²) in [5.74, 6) is 0.566. The van der Waals surface area contributed by atoms with Crippen LogP contribution in [0, 0.1) is 11.3 Å². The topological polar surface area (TPSA) is 30.5 Å². The normalized spacial score (nSPS) is 20.5.